The molecule has 22 heavy (non-hydrogen) atoms. The van der Waals surface area contributed by atoms with Crippen LogP contribution < -0.4 is 5.32 Å². The maximum atomic E-state index is 10.7. The van der Waals surface area contributed by atoms with Crippen molar-refractivity contribution in [1.82, 2.24) is 15.2 Å². The molecule has 1 aromatic heterocycles. The maximum absolute atomic E-state index is 10.7. The van der Waals surface area contributed by atoms with Crippen LogP contribution in [0, 0.1) is 0 Å². The second-order valence-electron chi connectivity index (χ2n) is 6.93. The fourth-order valence-electron chi connectivity index (χ4n) is 3.61. The van der Waals surface area contributed by atoms with Crippen LogP contribution in [0.3, 0.4) is 0 Å². The minimum absolute atomic E-state index is 0.0346. The smallest absolute Gasteiger partial charge is 0.317 e. The highest BCUT2D eigenvalue weighted by atomic mass is 32.1. The van der Waals surface area contributed by atoms with E-state index in [9.17, 15) is 4.79 Å². The van der Waals surface area contributed by atoms with Crippen molar-refractivity contribution in [3.63, 3.8) is 0 Å². The summed E-state index contributed by atoms with van der Waals surface area (Å²) in [5.41, 5.74) is 1.08. The molecule has 0 aromatic carbocycles. The largest absolute Gasteiger partial charge is 0.480 e. The summed E-state index contributed by atoms with van der Waals surface area (Å²) in [4.78, 5) is 17.9. The number of aliphatic carboxylic acids is 1. The molecular weight excluding hydrogens is 298 g/mol. The summed E-state index contributed by atoms with van der Waals surface area (Å²) in [6.45, 7) is 4.91. The molecule has 1 aromatic rings. The van der Waals surface area contributed by atoms with E-state index in [0.29, 0.717) is 5.92 Å². The lowest BCUT2D eigenvalue weighted by atomic mass is 10.0. The Labute approximate surface area is 135 Å². The molecule has 0 bridgehead atoms. The van der Waals surface area contributed by atoms with Crippen LogP contribution in [0.5, 0.6) is 0 Å². The summed E-state index contributed by atoms with van der Waals surface area (Å²) in [7, 11) is 0. The summed E-state index contributed by atoms with van der Waals surface area (Å²) in [6, 6.07) is 0. The quantitative estimate of drug-likeness (QED) is 0.842. The van der Waals surface area contributed by atoms with Gasteiger partial charge < -0.3 is 10.4 Å². The van der Waals surface area contributed by atoms with E-state index >= 15 is 0 Å². The Balaban J connectivity index is 1.52. The third kappa shape index (κ3) is 3.86. The van der Waals surface area contributed by atoms with Crippen molar-refractivity contribution >= 4 is 17.3 Å². The van der Waals surface area contributed by atoms with E-state index in [4.69, 9.17) is 10.1 Å². The van der Waals surface area contributed by atoms with Gasteiger partial charge in [0.15, 0.2) is 0 Å². The fraction of sp³-hybridized carbons (Fsp3) is 0.750. The third-order valence-electron chi connectivity index (χ3n) is 4.88. The van der Waals surface area contributed by atoms with Crippen molar-refractivity contribution in [3.05, 3.63) is 16.1 Å². The summed E-state index contributed by atoms with van der Waals surface area (Å²) in [6.07, 6.45) is 6.28. The number of carboxylic acid groups (broad SMARTS) is 1. The fourth-order valence-corrected chi connectivity index (χ4v) is 4.59. The van der Waals surface area contributed by atoms with Crippen molar-refractivity contribution in [2.45, 2.75) is 57.0 Å². The van der Waals surface area contributed by atoms with Gasteiger partial charge in [0.1, 0.15) is 0 Å². The van der Waals surface area contributed by atoms with Gasteiger partial charge in [-0.15, -0.1) is 11.3 Å². The van der Waals surface area contributed by atoms with Crippen molar-refractivity contribution in [2.75, 3.05) is 19.6 Å². The average Bonchev–Trinajstić information content (AvgIpc) is 3.18. The van der Waals surface area contributed by atoms with Crippen LogP contribution in [0.4, 0.5) is 0 Å². The first-order valence-corrected chi connectivity index (χ1v) is 9.05. The molecule has 2 fully saturated rings. The first-order valence-electron chi connectivity index (χ1n) is 8.18. The number of thiazole rings is 1. The van der Waals surface area contributed by atoms with Gasteiger partial charge in [0.2, 0.25) is 0 Å². The highest BCUT2D eigenvalue weighted by Crippen LogP contribution is 2.35. The van der Waals surface area contributed by atoms with Crippen LogP contribution in [-0.2, 0) is 11.3 Å². The number of nitrogens with zero attached hydrogens (tertiary/aromatic N) is 2. The Morgan fingerprint density at radius 2 is 2.32 bits per heavy atom. The zero-order valence-electron chi connectivity index (χ0n) is 13.2. The molecule has 1 saturated carbocycles. The molecule has 3 rings (SSSR count). The number of hydrogen-bond acceptors (Lipinski definition) is 5. The average molecular weight is 323 g/mol. The number of hydrogen-bond donors (Lipinski definition) is 2. The summed E-state index contributed by atoms with van der Waals surface area (Å²) >= 11 is 1.81. The Hall–Kier alpha value is -0.980. The van der Waals surface area contributed by atoms with Crippen molar-refractivity contribution in [1.29, 1.82) is 0 Å². The lowest BCUT2D eigenvalue weighted by Gasteiger charge is -2.25. The predicted octanol–water partition coefficient (Wildman–Crippen LogP) is 2.44. The highest BCUT2D eigenvalue weighted by Gasteiger charge is 2.34. The maximum Gasteiger partial charge on any atom is 0.317 e. The summed E-state index contributed by atoms with van der Waals surface area (Å²) < 4.78 is 0. The van der Waals surface area contributed by atoms with E-state index in [0.717, 1.165) is 26.1 Å². The van der Waals surface area contributed by atoms with Gasteiger partial charge in [0.25, 0.3) is 0 Å². The number of carbonyl (C=O) groups is 1. The molecular formula is C16H25N3O2S. The summed E-state index contributed by atoms with van der Waals surface area (Å²) in [5, 5.41) is 15.5. The standard InChI is InChI=1S/C16H25N3O2S/c1-16(17-8-14(20)21)6-7-19(11-16)9-13-10-22-15(18-13)12-4-2-3-5-12/h10,12,17H,2-9,11H2,1H3,(H,20,21)/t16-/m0/s1. The second-order valence-corrected chi connectivity index (χ2v) is 7.82. The molecule has 0 radical (unpaired) electrons. The SMILES string of the molecule is C[C@]1(NCC(=O)O)CCN(Cc2csc(C3CCCC3)n2)C1. The molecule has 0 amide bonds. The van der Waals surface area contributed by atoms with Gasteiger partial charge in [-0.3, -0.25) is 9.69 Å². The number of carboxylic acids is 1. The molecule has 1 atom stereocenters. The monoisotopic (exact) mass is 323 g/mol. The Morgan fingerprint density at radius 1 is 1.55 bits per heavy atom. The number of nitrogens with one attached hydrogen (secondary N) is 1. The molecule has 6 heteroatoms. The van der Waals surface area contributed by atoms with Gasteiger partial charge >= 0.3 is 5.97 Å². The molecule has 122 valence electrons. The van der Waals surface area contributed by atoms with Crippen LogP contribution in [0.25, 0.3) is 0 Å². The van der Waals surface area contributed by atoms with Crippen molar-refractivity contribution < 1.29 is 9.90 Å². The van der Waals surface area contributed by atoms with Gasteiger partial charge in [-0.1, -0.05) is 12.8 Å². The van der Waals surface area contributed by atoms with E-state index in [1.165, 1.54) is 36.4 Å². The van der Waals surface area contributed by atoms with E-state index in [1.807, 2.05) is 11.3 Å². The molecule has 5 nitrogen and oxygen atoms in total. The molecule has 0 spiro atoms. The molecule has 1 aliphatic heterocycles. The van der Waals surface area contributed by atoms with Crippen LogP contribution in [0.1, 0.15) is 55.6 Å². The first kappa shape index (κ1) is 15.9. The van der Waals surface area contributed by atoms with Gasteiger partial charge in [-0.2, -0.15) is 0 Å². The van der Waals surface area contributed by atoms with Gasteiger partial charge in [-0.25, -0.2) is 4.98 Å². The van der Waals surface area contributed by atoms with E-state index in [2.05, 4.69) is 22.5 Å². The van der Waals surface area contributed by atoms with E-state index in [-0.39, 0.29) is 12.1 Å². The van der Waals surface area contributed by atoms with Crippen LogP contribution in [0.2, 0.25) is 0 Å². The highest BCUT2D eigenvalue weighted by molar-refractivity contribution is 7.09. The predicted molar refractivity (Wildman–Crippen MR) is 87.3 cm³/mol. The lowest BCUT2D eigenvalue weighted by molar-refractivity contribution is -0.136. The van der Waals surface area contributed by atoms with Crippen molar-refractivity contribution in [2.24, 2.45) is 0 Å². The first-order chi connectivity index (χ1) is 10.5. The minimum atomic E-state index is -0.791. The van der Waals surface area contributed by atoms with Crippen LogP contribution >= 0.6 is 11.3 Å². The lowest BCUT2D eigenvalue weighted by Crippen LogP contribution is -2.46. The van der Waals surface area contributed by atoms with Gasteiger partial charge in [0, 0.05) is 36.5 Å². The third-order valence-corrected chi connectivity index (χ3v) is 5.93. The normalized spacial score (nSPS) is 26.8. The van der Waals surface area contributed by atoms with Crippen LogP contribution in [0.15, 0.2) is 5.38 Å². The van der Waals surface area contributed by atoms with Gasteiger partial charge in [-0.05, 0) is 26.2 Å². The number of likely N-dealkylation sites (tertiary alicyclic amines) is 1. The Bertz CT molecular complexity index is 527. The molecule has 0 unspecified atom stereocenters. The van der Waals surface area contributed by atoms with Gasteiger partial charge in [0.05, 0.1) is 17.2 Å². The van der Waals surface area contributed by atoms with E-state index < -0.39 is 5.97 Å². The Kier molecular flexibility index (Phi) is 4.80. The number of aromatic nitrogens is 1. The van der Waals surface area contributed by atoms with Crippen molar-refractivity contribution in [3.8, 4) is 0 Å². The van der Waals surface area contributed by atoms with Crippen LogP contribution in [-0.4, -0.2) is 46.1 Å². The Morgan fingerprint density at radius 3 is 3.05 bits per heavy atom. The zero-order chi connectivity index (χ0) is 15.6. The molecule has 1 saturated heterocycles. The second kappa shape index (κ2) is 6.64. The zero-order valence-corrected chi connectivity index (χ0v) is 14.0. The topological polar surface area (TPSA) is 65.5 Å². The summed E-state index contributed by atoms with van der Waals surface area (Å²) in [5.74, 6) is -0.0970. The van der Waals surface area contributed by atoms with E-state index in [1.54, 1.807) is 0 Å². The number of rotatable bonds is 6. The molecule has 1 aliphatic carbocycles. The molecule has 2 heterocycles. The molecule has 2 aliphatic rings. The minimum Gasteiger partial charge on any atom is -0.480 e. The molecule has 2 N–H and O–H groups in total.